The molecule has 0 bridgehead atoms. The number of primary sulfonamides is 1. The van der Waals surface area contributed by atoms with Gasteiger partial charge in [0.25, 0.3) is 0 Å². The zero-order chi connectivity index (χ0) is 13.1. The van der Waals surface area contributed by atoms with Gasteiger partial charge in [-0.3, -0.25) is 0 Å². The van der Waals surface area contributed by atoms with Gasteiger partial charge in [0.1, 0.15) is 0 Å². The molecular weight excluding hydrogens is 236 g/mol. The minimum Gasteiger partial charge on any atom is -0.382 e. The van der Waals surface area contributed by atoms with Crippen molar-refractivity contribution in [1.82, 2.24) is 0 Å². The molecule has 0 aliphatic carbocycles. The first-order valence-corrected chi connectivity index (χ1v) is 7.33. The first-order chi connectivity index (χ1) is 7.88. The van der Waals surface area contributed by atoms with Gasteiger partial charge < -0.3 is 5.32 Å². The smallest absolute Gasteiger partial charge is 0.238 e. The molecule has 0 aliphatic heterocycles. The van der Waals surface area contributed by atoms with Crippen molar-refractivity contribution in [3.05, 3.63) is 23.8 Å². The van der Waals surface area contributed by atoms with Crippen LogP contribution in [0.2, 0.25) is 0 Å². The number of hydrogen-bond donors (Lipinski definition) is 2. The highest BCUT2D eigenvalue weighted by atomic mass is 32.2. The number of anilines is 1. The Morgan fingerprint density at radius 1 is 1.29 bits per heavy atom. The van der Waals surface area contributed by atoms with E-state index < -0.39 is 10.0 Å². The maximum Gasteiger partial charge on any atom is 0.238 e. The van der Waals surface area contributed by atoms with Crippen LogP contribution in [-0.2, 0) is 10.0 Å². The molecule has 4 nitrogen and oxygen atoms in total. The fourth-order valence-corrected chi connectivity index (χ4v) is 2.53. The SMILES string of the molecule is CCC(CC)Nc1ccc(C)c(S(N)(=O)=O)c1. The summed E-state index contributed by atoms with van der Waals surface area (Å²) in [6.07, 6.45) is 1.99. The highest BCUT2D eigenvalue weighted by Gasteiger charge is 2.13. The lowest BCUT2D eigenvalue weighted by Gasteiger charge is -2.17. The van der Waals surface area contributed by atoms with Crippen LogP contribution in [0, 0.1) is 6.92 Å². The van der Waals surface area contributed by atoms with Crippen LogP contribution < -0.4 is 10.5 Å². The summed E-state index contributed by atoms with van der Waals surface area (Å²) in [7, 11) is -3.65. The Balaban J connectivity index is 3.05. The van der Waals surface area contributed by atoms with Crippen molar-refractivity contribution in [3.63, 3.8) is 0 Å². The average molecular weight is 256 g/mol. The second kappa shape index (κ2) is 5.51. The number of rotatable bonds is 5. The lowest BCUT2D eigenvalue weighted by Crippen LogP contribution is -2.18. The molecule has 0 aromatic heterocycles. The number of hydrogen-bond acceptors (Lipinski definition) is 3. The van der Waals surface area contributed by atoms with Crippen molar-refractivity contribution in [2.45, 2.75) is 44.6 Å². The molecule has 0 radical (unpaired) electrons. The van der Waals surface area contributed by atoms with E-state index in [4.69, 9.17) is 5.14 Å². The van der Waals surface area contributed by atoms with E-state index in [9.17, 15) is 8.42 Å². The average Bonchev–Trinajstić information content (AvgIpc) is 2.26. The molecule has 1 rings (SSSR count). The molecule has 0 spiro atoms. The molecule has 96 valence electrons. The third-order valence-electron chi connectivity index (χ3n) is 2.85. The zero-order valence-corrected chi connectivity index (χ0v) is 11.3. The van der Waals surface area contributed by atoms with Gasteiger partial charge in [0.05, 0.1) is 4.90 Å². The van der Waals surface area contributed by atoms with Crippen LogP contribution in [0.25, 0.3) is 0 Å². The molecule has 0 atom stereocenters. The topological polar surface area (TPSA) is 72.2 Å². The number of nitrogens with two attached hydrogens (primary N) is 1. The molecule has 1 aromatic rings. The fourth-order valence-electron chi connectivity index (χ4n) is 1.72. The molecule has 1 aromatic carbocycles. The summed E-state index contributed by atoms with van der Waals surface area (Å²) in [5.41, 5.74) is 1.47. The van der Waals surface area contributed by atoms with E-state index in [1.165, 1.54) is 0 Å². The minimum absolute atomic E-state index is 0.188. The van der Waals surface area contributed by atoms with Crippen LogP contribution >= 0.6 is 0 Å². The third kappa shape index (κ3) is 3.71. The standard InChI is InChI=1S/C12H20N2O2S/c1-4-10(5-2)14-11-7-6-9(3)12(8-11)17(13,15)16/h6-8,10,14H,4-5H2,1-3H3,(H2,13,15,16). The Hall–Kier alpha value is -1.07. The first-order valence-electron chi connectivity index (χ1n) is 5.78. The predicted octanol–water partition coefficient (Wildman–Crippen LogP) is 2.24. The van der Waals surface area contributed by atoms with Crippen LogP contribution in [-0.4, -0.2) is 14.5 Å². The second-order valence-electron chi connectivity index (χ2n) is 4.18. The molecule has 0 saturated carbocycles. The lowest BCUT2D eigenvalue weighted by atomic mass is 10.1. The van der Waals surface area contributed by atoms with Crippen molar-refractivity contribution in [1.29, 1.82) is 0 Å². The van der Waals surface area contributed by atoms with Crippen LogP contribution in [0.3, 0.4) is 0 Å². The van der Waals surface area contributed by atoms with Crippen LogP contribution in [0.1, 0.15) is 32.3 Å². The van der Waals surface area contributed by atoms with Gasteiger partial charge in [-0.05, 0) is 37.5 Å². The summed E-state index contributed by atoms with van der Waals surface area (Å²) in [5, 5.41) is 8.46. The summed E-state index contributed by atoms with van der Waals surface area (Å²) < 4.78 is 22.8. The number of aryl methyl sites for hydroxylation is 1. The van der Waals surface area contributed by atoms with Gasteiger partial charge in [-0.25, -0.2) is 13.6 Å². The van der Waals surface area contributed by atoms with Crippen LogP contribution in [0.4, 0.5) is 5.69 Å². The molecule has 0 aliphatic rings. The minimum atomic E-state index is -3.65. The quantitative estimate of drug-likeness (QED) is 0.848. The van der Waals surface area contributed by atoms with E-state index >= 15 is 0 Å². The fraction of sp³-hybridized carbons (Fsp3) is 0.500. The zero-order valence-electron chi connectivity index (χ0n) is 10.5. The van der Waals surface area contributed by atoms with Gasteiger partial charge in [-0.1, -0.05) is 19.9 Å². The highest BCUT2D eigenvalue weighted by molar-refractivity contribution is 7.89. The third-order valence-corrected chi connectivity index (χ3v) is 3.90. The van der Waals surface area contributed by atoms with Gasteiger partial charge in [0.15, 0.2) is 0 Å². The maximum atomic E-state index is 11.4. The van der Waals surface area contributed by atoms with E-state index in [0.29, 0.717) is 11.6 Å². The maximum absolute atomic E-state index is 11.4. The van der Waals surface area contributed by atoms with Gasteiger partial charge in [0.2, 0.25) is 10.0 Å². The second-order valence-corrected chi connectivity index (χ2v) is 5.71. The van der Waals surface area contributed by atoms with Crippen LogP contribution in [0.15, 0.2) is 23.1 Å². The van der Waals surface area contributed by atoms with Gasteiger partial charge in [0, 0.05) is 11.7 Å². The van der Waals surface area contributed by atoms with Crippen molar-refractivity contribution in [2.75, 3.05) is 5.32 Å². The number of benzene rings is 1. The summed E-state index contributed by atoms with van der Waals surface area (Å²) >= 11 is 0. The van der Waals surface area contributed by atoms with E-state index in [1.807, 2.05) is 6.07 Å². The molecule has 0 unspecified atom stereocenters. The summed E-state index contributed by atoms with van der Waals surface area (Å²) in [6.45, 7) is 5.92. The normalized spacial score (nSPS) is 11.8. The Morgan fingerprint density at radius 2 is 1.88 bits per heavy atom. The van der Waals surface area contributed by atoms with E-state index in [2.05, 4.69) is 19.2 Å². The van der Waals surface area contributed by atoms with Gasteiger partial charge in [-0.2, -0.15) is 0 Å². The van der Waals surface area contributed by atoms with E-state index in [1.54, 1.807) is 19.1 Å². The number of sulfonamides is 1. The highest BCUT2D eigenvalue weighted by Crippen LogP contribution is 2.20. The van der Waals surface area contributed by atoms with Crippen molar-refractivity contribution in [2.24, 2.45) is 5.14 Å². The molecular formula is C12H20N2O2S. The monoisotopic (exact) mass is 256 g/mol. The summed E-state index contributed by atoms with van der Waals surface area (Å²) in [4.78, 5) is 0.188. The largest absolute Gasteiger partial charge is 0.382 e. The Morgan fingerprint density at radius 3 is 2.35 bits per heavy atom. The molecule has 0 saturated heterocycles. The Kier molecular flexibility index (Phi) is 4.54. The molecule has 5 heteroatoms. The van der Waals surface area contributed by atoms with Crippen molar-refractivity contribution in [3.8, 4) is 0 Å². The number of nitrogens with one attached hydrogen (secondary N) is 1. The molecule has 0 amide bonds. The van der Waals surface area contributed by atoms with E-state index in [0.717, 1.165) is 18.5 Å². The molecule has 0 fully saturated rings. The van der Waals surface area contributed by atoms with E-state index in [-0.39, 0.29) is 4.90 Å². The molecule has 17 heavy (non-hydrogen) atoms. The Bertz CT molecular complexity index is 479. The van der Waals surface area contributed by atoms with Gasteiger partial charge >= 0.3 is 0 Å². The predicted molar refractivity (Wildman–Crippen MR) is 70.5 cm³/mol. The van der Waals surface area contributed by atoms with Gasteiger partial charge in [-0.15, -0.1) is 0 Å². The van der Waals surface area contributed by atoms with Crippen molar-refractivity contribution >= 4 is 15.7 Å². The summed E-state index contributed by atoms with van der Waals surface area (Å²) in [6, 6.07) is 5.60. The molecule has 0 heterocycles. The molecule has 3 N–H and O–H groups in total. The van der Waals surface area contributed by atoms with Crippen LogP contribution in [0.5, 0.6) is 0 Å². The summed E-state index contributed by atoms with van der Waals surface area (Å²) in [5.74, 6) is 0. The Labute approximate surface area is 103 Å². The van der Waals surface area contributed by atoms with Crippen molar-refractivity contribution < 1.29 is 8.42 Å². The lowest BCUT2D eigenvalue weighted by molar-refractivity contribution is 0.597. The first kappa shape index (κ1) is 14.0.